The standard InChI is InChI=1S/C12H25NO/c1-10(2)6-4-8-13-11(3)12-7-5-9-14-12/h10-13H,4-9H2,1-3H3. The van der Waals surface area contributed by atoms with Gasteiger partial charge in [-0.15, -0.1) is 0 Å². The second kappa shape index (κ2) is 6.41. The van der Waals surface area contributed by atoms with Crippen molar-refractivity contribution in [2.45, 2.75) is 58.6 Å². The zero-order valence-electron chi connectivity index (χ0n) is 9.88. The van der Waals surface area contributed by atoms with Gasteiger partial charge >= 0.3 is 0 Å². The summed E-state index contributed by atoms with van der Waals surface area (Å²) in [6.45, 7) is 8.90. The Hall–Kier alpha value is -0.0800. The first-order valence-corrected chi connectivity index (χ1v) is 6.05. The predicted molar refractivity (Wildman–Crippen MR) is 60.5 cm³/mol. The summed E-state index contributed by atoms with van der Waals surface area (Å²) >= 11 is 0. The highest BCUT2D eigenvalue weighted by molar-refractivity contribution is 4.76. The fourth-order valence-corrected chi connectivity index (χ4v) is 1.97. The van der Waals surface area contributed by atoms with Crippen molar-refractivity contribution < 1.29 is 4.74 Å². The van der Waals surface area contributed by atoms with Crippen LogP contribution in [-0.4, -0.2) is 25.3 Å². The smallest absolute Gasteiger partial charge is 0.0726 e. The summed E-state index contributed by atoms with van der Waals surface area (Å²) in [4.78, 5) is 0. The van der Waals surface area contributed by atoms with Gasteiger partial charge in [0.2, 0.25) is 0 Å². The van der Waals surface area contributed by atoms with Crippen LogP contribution in [0.1, 0.15) is 46.5 Å². The lowest BCUT2D eigenvalue weighted by Gasteiger charge is -2.20. The molecule has 84 valence electrons. The average Bonchev–Trinajstić information content (AvgIpc) is 2.64. The zero-order chi connectivity index (χ0) is 10.4. The van der Waals surface area contributed by atoms with Gasteiger partial charge in [0.25, 0.3) is 0 Å². The average molecular weight is 199 g/mol. The normalized spacial score (nSPS) is 24.4. The molecule has 2 nitrogen and oxygen atoms in total. The van der Waals surface area contributed by atoms with E-state index in [1.807, 2.05) is 0 Å². The molecule has 0 aromatic heterocycles. The molecule has 0 saturated carbocycles. The molecule has 0 aliphatic carbocycles. The summed E-state index contributed by atoms with van der Waals surface area (Å²) in [7, 11) is 0. The highest BCUT2D eigenvalue weighted by Gasteiger charge is 2.21. The summed E-state index contributed by atoms with van der Waals surface area (Å²) in [5.74, 6) is 0.829. The summed E-state index contributed by atoms with van der Waals surface area (Å²) in [5, 5.41) is 3.55. The van der Waals surface area contributed by atoms with Crippen LogP contribution >= 0.6 is 0 Å². The van der Waals surface area contributed by atoms with E-state index in [-0.39, 0.29) is 0 Å². The minimum absolute atomic E-state index is 0.467. The van der Waals surface area contributed by atoms with Gasteiger partial charge in [-0.1, -0.05) is 13.8 Å². The zero-order valence-corrected chi connectivity index (χ0v) is 9.88. The third-order valence-corrected chi connectivity index (χ3v) is 2.95. The van der Waals surface area contributed by atoms with E-state index in [1.165, 1.54) is 25.7 Å². The Morgan fingerprint density at radius 2 is 2.14 bits per heavy atom. The van der Waals surface area contributed by atoms with E-state index >= 15 is 0 Å². The lowest BCUT2D eigenvalue weighted by molar-refractivity contribution is 0.0836. The maximum absolute atomic E-state index is 5.63. The molecule has 2 unspecified atom stereocenters. The third-order valence-electron chi connectivity index (χ3n) is 2.95. The Morgan fingerprint density at radius 1 is 1.36 bits per heavy atom. The molecule has 1 aliphatic heterocycles. The van der Waals surface area contributed by atoms with E-state index in [0.717, 1.165) is 19.1 Å². The molecule has 1 fully saturated rings. The lowest BCUT2D eigenvalue weighted by Crippen LogP contribution is -2.37. The quantitative estimate of drug-likeness (QED) is 0.664. The van der Waals surface area contributed by atoms with Crippen LogP contribution in [0.3, 0.4) is 0 Å². The molecule has 0 aromatic carbocycles. The van der Waals surface area contributed by atoms with Crippen molar-refractivity contribution in [2.75, 3.05) is 13.2 Å². The number of nitrogens with one attached hydrogen (secondary N) is 1. The van der Waals surface area contributed by atoms with Crippen LogP contribution < -0.4 is 5.32 Å². The third kappa shape index (κ3) is 4.43. The number of hydrogen-bond acceptors (Lipinski definition) is 2. The van der Waals surface area contributed by atoms with Crippen LogP contribution in [0, 0.1) is 5.92 Å². The van der Waals surface area contributed by atoms with Gasteiger partial charge in [-0.25, -0.2) is 0 Å². The molecule has 0 radical (unpaired) electrons. The predicted octanol–water partition coefficient (Wildman–Crippen LogP) is 2.58. The SMILES string of the molecule is CC(C)CCCNC(C)C1CCCO1. The molecule has 2 heteroatoms. The summed E-state index contributed by atoms with van der Waals surface area (Å²) < 4.78 is 5.63. The Balaban J connectivity index is 1.99. The van der Waals surface area contributed by atoms with E-state index in [1.54, 1.807) is 0 Å². The fourth-order valence-electron chi connectivity index (χ4n) is 1.97. The van der Waals surface area contributed by atoms with E-state index < -0.39 is 0 Å². The van der Waals surface area contributed by atoms with E-state index in [0.29, 0.717) is 12.1 Å². The van der Waals surface area contributed by atoms with Gasteiger partial charge in [-0.05, 0) is 45.1 Å². The van der Waals surface area contributed by atoms with Crippen molar-refractivity contribution >= 4 is 0 Å². The molecule has 1 rings (SSSR count). The minimum atomic E-state index is 0.467. The molecule has 14 heavy (non-hydrogen) atoms. The first-order chi connectivity index (χ1) is 6.70. The van der Waals surface area contributed by atoms with Crippen LogP contribution in [-0.2, 0) is 4.74 Å². The first-order valence-electron chi connectivity index (χ1n) is 6.05. The van der Waals surface area contributed by atoms with E-state index in [9.17, 15) is 0 Å². The first kappa shape index (κ1) is 12.0. The number of rotatable bonds is 6. The minimum Gasteiger partial charge on any atom is -0.377 e. The van der Waals surface area contributed by atoms with Gasteiger partial charge in [-0.3, -0.25) is 0 Å². The lowest BCUT2D eigenvalue weighted by atomic mass is 10.1. The van der Waals surface area contributed by atoms with Crippen molar-refractivity contribution in [1.29, 1.82) is 0 Å². The molecule has 0 spiro atoms. The Labute approximate surface area is 88.4 Å². The second-order valence-corrected chi connectivity index (χ2v) is 4.83. The molecular weight excluding hydrogens is 174 g/mol. The van der Waals surface area contributed by atoms with Gasteiger partial charge in [0.15, 0.2) is 0 Å². The van der Waals surface area contributed by atoms with Gasteiger partial charge in [0, 0.05) is 12.6 Å². The molecule has 1 aliphatic rings. The Bertz CT molecular complexity index is 141. The van der Waals surface area contributed by atoms with Crippen LogP contribution in [0.2, 0.25) is 0 Å². The van der Waals surface area contributed by atoms with Gasteiger partial charge in [-0.2, -0.15) is 0 Å². The maximum atomic E-state index is 5.63. The second-order valence-electron chi connectivity index (χ2n) is 4.83. The van der Waals surface area contributed by atoms with E-state index in [2.05, 4.69) is 26.1 Å². The van der Waals surface area contributed by atoms with Gasteiger partial charge in [0.05, 0.1) is 6.10 Å². The van der Waals surface area contributed by atoms with Crippen LogP contribution in [0.25, 0.3) is 0 Å². The highest BCUT2D eigenvalue weighted by atomic mass is 16.5. The topological polar surface area (TPSA) is 21.3 Å². The van der Waals surface area contributed by atoms with E-state index in [4.69, 9.17) is 4.74 Å². The maximum Gasteiger partial charge on any atom is 0.0726 e. The van der Waals surface area contributed by atoms with Crippen molar-refractivity contribution in [3.63, 3.8) is 0 Å². The van der Waals surface area contributed by atoms with Crippen molar-refractivity contribution in [1.82, 2.24) is 5.32 Å². The largest absolute Gasteiger partial charge is 0.377 e. The molecule has 0 bridgehead atoms. The molecular formula is C12H25NO. The summed E-state index contributed by atoms with van der Waals surface area (Å²) in [6.07, 6.45) is 5.55. The molecule has 1 N–H and O–H groups in total. The number of ether oxygens (including phenoxy) is 1. The fraction of sp³-hybridized carbons (Fsp3) is 1.00. The monoisotopic (exact) mass is 199 g/mol. The van der Waals surface area contributed by atoms with Crippen molar-refractivity contribution in [3.05, 3.63) is 0 Å². The Kier molecular flexibility index (Phi) is 5.49. The molecule has 2 atom stereocenters. The van der Waals surface area contributed by atoms with Gasteiger partial charge < -0.3 is 10.1 Å². The van der Waals surface area contributed by atoms with Crippen molar-refractivity contribution in [3.8, 4) is 0 Å². The van der Waals surface area contributed by atoms with Gasteiger partial charge in [0.1, 0.15) is 0 Å². The summed E-state index contributed by atoms with van der Waals surface area (Å²) in [5.41, 5.74) is 0. The molecule has 1 heterocycles. The highest BCUT2D eigenvalue weighted by Crippen LogP contribution is 2.15. The van der Waals surface area contributed by atoms with Crippen LogP contribution in [0.5, 0.6) is 0 Å². The molecule has 0 aromatic rings. The number of hydrogen-bond donors (Lipinski definition) is 1. The molecule has 1 saturated heterocycles. The van der Waals surface area contributed by atoms with Crippen LogP contribution in [0.15, 0.2) is 0 Å². The van der Waals surface area contributed by atoms with Crippen molar-refractivity contribution in [2.24, 2.45) is 5.92 Å². The van der Waals surface area contributed by atoms with Crippen LogP contribution in [0.4, 0.5) is 0 Å². The summed E-state index contributed by atoms with van der Waals surface area (Å²) in [6, 6.07) is 0.532. The Morgan fingerprint density at radius 3 is 2.71 bits per heavy atom. The molecule has 0 amide bonds.